The molecule has 4 nitrogen and oxygen atoms in total. The molecule has 0 aliphatic rings. The molecule has 0 radical (unpaired) electrons. The Hall–Kier alpha value is -0.360. The minimum atomic E-state index is -0.436. The molecule has 0 aromatic heterocycles. The largest absolute Gasteiger partial charge is 0.460 e. The maximum Gasteiger partial charge on any atom is 0.307 e. The summed E-state index contributed by atoms with van der Waals surface area (Å²) < 4.78 is 11.1. The van der Waals surface area contributed by atoms with Gasteiger partial charge in [0.1, 0.15) is 11.2 Å². The molecular formula is C18H34O4S2. The third-order valence-electron chi connectivity index (χ3n) is 3.61. The Labute approximate surface area is 156 Å². The predicted molar refractivity (Wildman–Crippen MR) is 105 cm³/mol. The van der Waals surface area contributed by atoms with Crippen molar-refractivity contribution in [2.75, 3.05) is 24.0 Å². The Morgan fingerprint density at radius 2 is 1.08 bits per heavy atom. The zero-order valence-electron chi connectivity index (χ0n) is 16.1. The quantitative estimate of drug-likeness (QED) is 0.342. The summed E-state index contributed by atoms with van der Waals surface area (Å²) in [4.78, 5) is 23.4. The van der Waals surface area contributed by atoms with Crippen LogP contribution in [0.5, 0.6) is 0 Å². The highest BCUT2D eigenvalue weighted by Gasteiger charge is 2.25. The second kappa shape index (κ2) is 12.1. The minimum Gasteiger partial charge on any atom is -0.460 e. The Bertz CT molecular complexity index is 345. The third-order valence-corrected chi connectivity index (χ3v) is 4.83. The zero-order chi connectivity index (χ0) is 18.6. The molecule has 0 N–H and O–H groups in total. The van der Waals surface area contributed by atoms with Gasteiger partial charge in [0.05, 0.1) is 12.8 Å². The van der Waals surface area contributed by atoms with Gasteiger partial charge in [0.15, 0.2) is 0 Å². The van der Waals surface area contributed by atoms with Crippen molar-refractivity contribution in [3.63, 3.8) is 0 Å². The van der Waals surface area contributed by atoms with E-state index >= 15 is 0 Å². The summed E-state index contributed by atoms with van der Waals surface area (Å²) >= 11 is 3.29. The first-order valence-electron chi connectivity index (χ1n) is 8.53. The Morgan fingerprint density at radius 3 is 1.38 bits per heavy atom. The molecule has 0 aliphatic carbocycles. The highest BCUT2D eigenvalue weighted by Crippen LogP contribution is 2.24. The van der Waals surface area contributed by atoms with E-state index in [1.807, 2.05) is 40.2 Å². The summed E-state index contributed by atoms with van der Waals surface area (Å²) in [7, 11) is 0. The van der Waals surface area contributed by atoms with Gasteiger partial charge in [-0.25, -0.2) is 0 Å². The van der Waals surface area contributed by atoms with Crippen LogP contribution in [0.3, 0.4) is 0 Å². The second-order valence-electron chi connectivity index (χ2n) is 7.16. The van der Waals surface area contributed by atoms with Crippen LogP contribution in [0.4, 0.5) is 0 Å². The number of thioether (sulfide) groups is 2. The molecule has 0 heterocycles. The number of esters is 2. The summed E-state index contributed by atoms with van der Waals surface area (Å²) in [6, 6.07) is 0. The van der Waals surface area contributed by atoms with Crippen LogP contribution in [0.15, 0.2) is 0 Å². The van der Waals surface area contributed by atoms with Gasteiger partial charge in [-0.3, -0.25) is 9.59 Å². The summed E-state index contributed by atoms with van der Waals surface area (Å²) in [6.07, 6.45) is 8.39. The van der Waals surface area contributed by atoms with Crippen LogP contribution >= 0.6 is 23.5 Å². The maximum absolute atomic E-state index is 11.7. The maximum atomic E-state index is 11.7. The molecule has 0 saturated carbocycles. The standard InChI is InChI=1S/C18H34O4S2/c1-17(2,21-15(19)9-13-23-5)11-7-8-12-18(3,4)22-16(20)10-14-24-6/h7-14H2,1-6H3. The van der Waals surface area contributed by atoms with Crippen LogP contribution in [-0.4, -0.2) is 47.2 Å². The van der Waals surface area contributed by atoms with Crippen LogP contribution in [0.2, 0.25) is 0 Å². The fraction of sp³-hybridized carbons (Fsp3) is 0.889. The van der Waals surface area contributed by atoms with Gasteiger partial charge in [-0.2, -0.15) is 23.5 Å². The van der Waals surface area contributed by atoms with Gasteiger partial charge in [-0.15, -0.1) is 0 Å². The fourth-order valence-electron chi connectivity index (χ4n) is 2.29. The number of carbonyl (C=O) groups is 2. The number of hydrogen-bond acceptors (Lipinski definition) is 6. The van der Waals surface area contributed by atoms with Gasteiger partial charge >= 0.3 is 11.9 Å². The van der Waals surface area contributed by atoms with E-state index in [1.54, 1.807) is 23.5 Å². The molecule has 0 aromatic rings. The fourth-order valence-corrected chi connectivity index (χ4v) is 3.03. The Morgan fingerprint density at radius 1 is 0.750 bits per heavy atom. The molecule has 6 heteroatoms. The lowest BCUT2D eigenvalue weighted by molar-refractivity contribution is -0.158. The molecule has 0 aliphatic heterocycles. The van der Waals surface area contributed by atoms with Crippen molar-refractivity contribution in [3.05, 3.63) is 0 Å². The molecular weight excluding hydrogens is 344 g/mol. The van der Waals surface area contributed by atoms with E-state index in [2.05, 4.69) is 0 Å². The lowest BCUT2D eigenvalue weighted by atomic mass is 9.95. The molecule has 142 valence electrons. The van der Waals surface area contributed by atoms with Gasteiger partial charge in [0, 0.05) is 11.5 Å². The van der Waals surface area contributed by atoms with Crippen LogP contribution in [0, 0.1) is 0 Å². The van der Waals surface area contributed by atoms with Crippen molar-refractivity contribution < 1.29 is 19.1 Å². The van der Waals surface area contributed by atoms with Gasteiger partial charge in [-0.1, -0.05) is 0 Å². The molecule has 0 amide bonds. The minimum absolute atomic E-state index is 0.127. The summed E-state index contributed by atoms with van der Waals surface area (Å²) in [5, 5.41) is 0. The van der Waals surface area contributed by atoms with E-state index in [9.17, 15) is 9.59 Å². The highest BCUT2D eigenvalue weighted by molar-refractivity contribution is 7.98. The summed E-state index contributed by atoms with van der Waals surface area (Å²) in [5.41, 5.74) is -0.872. The van der Waals surface area contributed by atoms with E-state index < -0.39 is 11.2 Å². The van der Waals surface area contributed by atoms with Crippen LogP contribution < -0.4 is 0 Å². The van der Waals surface area contributed by atoms with Crippen LogP contribution in [0.25, 0.3) is 0 Å². The smallest absolute Gasteiger partial charge is 0.307 e. The topological polar surface area (TPSA) is 52.6 Å². The second-order valence-corrected chi connectivity index (χ2v) is 9.13. The van der Waals surface area contributed by atoms with Crippen molar-refractivity contribution in [2.45, 2.75) is 77.4 Å². The molecule has 0 fully saturated rings. The molecule has 0 bridgehead atoms. The van der Waals surface area contributed by atoms with Gasteiger partial charge in [-0.05, 0) is 65.9 Å². The first kappa shape index (κ1) is 23.6. The van der Waals surface area contributed by atoms with Crippen LogP contribution in [-0.2, 0) is 19.1 Å². The molecule has 0 aromatic carbocycles. The first-order valence-corrected chi connectivity index (χ1v) is 11.3. The molecule has 0 rings (SSSR count). The number of carbonyl (C=O) groups excluding carboxylic acids is 2. The number of hydrogen-bond donors (Lipinski definition) is 0. The molecule has 0 atom stereocenters. The average Bonchev–Trinajstić information content (AvgIpc) is 2.46. The average molecular weight is 379 g/mol. The van der Waals surface area contributed by atoms with Crippen molar-refractivity contribution in [1.82, 2.24) is 0 Å². The van der Waals surface area contributed by atoms with Crippen molar-refractivity contribution in [3.8, 4) is 0 Å². The third kappa shape index (κ3) is 13.0. The first-order chi connectivity index (χ1) is 11.1. The molecule has 0 unspecified atom stereocenters. The van der Waals surface area contributed by atoms with E-state index in [4.69, 9.17) is 9.47 Å². The van der Waals surface area contributed by atoms with Gasteiger partial charge in [0.25, 0.3) is 0 Å². The summed E-state index contributed by atoms with van der Waals surface area (Å²) in [5.74, 6) is 1.34. The molecule has 0 spiro atoms. The monoisotopic (exact) mass is 378 g/mol. The highest BCUT2D eigenvalue weighted by atomic mass is 32.2. The predicted octanol–water partition coefficient (Wildman–Crippen LogP) is 4.70. The van der Waals surface area contributed by atoms with Gasteiger partial charge in [0.2, 0.25) is 0 Å². The zero-order valence-corrected chi connectivity index (χ0v) is 17.7. The Balaban J connectivity index is 4.04. The van der Waals surface area contributed by atoms with E-state index in [1.165, 1.54) is 0 Å². The number of unbranched alkanes of at least 4 members (excludes halogenated alkanes) is 1. The van der Waals surface area contributed by atoms with E-state index in [0.717, 1.165) is 37.2 Å². The van der Waals surface area contributed by atoms with Crippen LogP contribution in [0.1, 0.15) is 66.2 Å². The number of ether oxygens (including phenoxy) is 2. The summed E-state index contributed by atoms with van der Waals surface area (Å²) in [6.45, 7) is 7.82. The van der Waals surface area contributed by atoms with Crippen molar-refractivity contribution in [2.24, 2.45) is 0 Å². The normalized spacial score (nSPS) is 12.1. The number of rotatable bonds is 13. The lowest BCUT2D eigenvalue weighted by Gasteiger charge is -2.27. The molecule has 24 heavy (non-hydrogen) atoms. The molecule has 0 saturated heterocycles. The lowest BCUT2D eigenvalue weighted by Crippen LogP contribution is -2.30. The van der Waals surface area contributed by atoms with Crippen molar-refractivity contribution >= 4 is 35.5 Å². The van der Waals surface area contributed by atoms with E-state index in [-0.39, 0.29) is 11.9 Å². The Kier molecular flexibility index (Phi) is 11.9. The van der Waals surface area contributed by atoms with Gasteiger partial charge < -0.3 is 9.47 Å². The SMILES string of the molecule is CSCCC(=O)OC(C)(C)CCCCC(C)(C)OC(=O)CCSC. The van der Waals surface area contributed by atoms with E-state index in [0.29, 0.717) is 12.8 Å². The van der Waals surface area contributed by atoms with Crippen molar-refractivity contribution in [1.29, 1.82) is 0 Å².